The molecule has 0 unspecified atom stereocenters. The fraction of sp³-hybridized carbons (Fsp3) is 0.318. The Balaban J connectivity index is 1.70. The minimum Gasteiger partial charge on any atom is -0.449 e. The van der Waals surface area contributed by atoms with E-state index in [1.807, 2.05) is 18.2 Å². The van der Waals surface area contributed by atoms with Crippen molar-refractivity contribution in [1.82, 2.24) is 5.32 Å². The zero-order valence-electron chi connectivity index (χ0n) is 15.7. The minimum absolute atomic E-state index is 0.180. The molecule has 6 heteroatoms. The highest BCUT2D eigenvalue weighted by Gasteiger charge is 2.24. The molecule has 1 N–H and O–H groups in total. The van der Waals surface area contributed by atoms with Gasteiger partial charge in [0.25, 0.3) is 5.91 Å². The zero-order chi connectivity index (χ0) is 19.9. The SMILES string of the molecule is C[C@H](OC(=O)c1ccccc1Sc1ccccc1C#N)C(=O)NC1CCCC1. The third kappa shape index (κ3) is 4.93. The fourth-order valence-corrected chi connectivity index (χ4v) is 4.17. The van der Waals surface area contributed by atoms with E-state index in [0.29, 0.717) is 16.0 Å². The quantitative estimate of drug-likeness (QED) is 0.739. The van der Waals surface area contributed by atoms with Gasteiger partial charge in [-0.2, -0.15) is 5.26 Å². The standard InChI is InChI=1S/C22H22N2O3S/c1-15(21(25)24-17-9-3-4-10-17)27-22(26)18-11-5-7-13-20(18)28-19-12-6-2-8-16(19)14-23/h2,5-8,11-13,15,17H,3-4,9-10H2,1H3,(H,24,25)/t15-/m0/s1. The molecule has 0 saturated heterocycles. The summed E-state index contributed by atoms with van der Waals surface area (Å²) in [6, 6.07) is 16.6. The number of nitriles is 1. The van der Waals surface area contributed by atoms with Gasteiger partial charge in [0.1, 0.15) is 6.07 Å². The van der Waals surface area contributed by atoms with Crippen LogP contribution in [0.1, 0.15) is 48.5 Å². The van der Waals surface area contributed by atoms with Crippen LogP contribution in [0.4, 0.5) is 0 Å². The lowest BCUT2D eigenvalue weighted by Gasteiger charge is -2.18. The maximum absolute atomic E-state index is 12.7. The lowest BCUT2D eigenvalue weighted by atomic mass is 10.2. The molecule has 0 heterocycles. The summed E-state index contributed by atoms with van der Waals surface area (Å²) in [6.07, 6.45) is 3.33. The molecule has 0 radical (unpaired) electrons. The van der Waals surface area contributed by atoms with Crippen LogP contribution in [0.25, 0.3) is 0 Å². The van der Waals surface area contributed by atoms with E-state index in [1.165, 1.54) is 11.8 Å². The van der Waals surface area contributed by atoms with Crippen molar-refractivity contribution >= 4 is 23.6 Å². The molecule has 1 aliphatic rings. The summed E-state index contributed by atoms with van der Waals surface area (Å²) in [4.78, 5) is 26.4. The van der Waals surface area contributed by atoms with Gasteiger partial charge in [-0.3, -0.25) is 4.79 Å². The molecule has 0 aliphatic heterocycles. The molecule has 3 rings (SSSR count). The lowest BCUT2D eigenvalue weighted by Crippen LogP contribution is -2.40. The Labute approximate surface area is 169 Å². The molecular weight excluding hydrogens is 372 g/mol. The van der Waals surface area contributed by atoms with E-state index in [9.17, 15) is 14.9 Å². The highest BCUT2D eigenvalue weighted by molar-refractivity contribution is 7.99. The molecule has 1 saturated carbocycles. The summed E-state index contributed by atoms with van der Waals surface area (Å²) in [5.74, 6) is -0.813. The number of ether oxygens (including phenoxy) is 1. The van der Waals surface area contributed by atoms with Gasteiger partial charge in [0.15, 0.2) is 6.10 Å². The predicted molar refractivity (Wildman–Crippen MR) is 107 cm³/mol. The molecule has 5 nitrogen and oxygen atoms in total. The molecule has 28 heavy (non-hydrogen) atoms. The van der Waals surface area contributed by atoms with Crippen molar-refractivity contribution in [2.45, 2.75) is 54.5 Å². The Kier molecular flexibility index (Phi) is 6.72. The van der Waals surface area contributed by atoms with E-state index in [0.717, 1.165) is 30.6 Å². The number of carbonyl (C=O) groups excluding carboxylic acids is 2. The van der Waals surface area contributed by atoms with Gasteiger partial charge in [-0.25, -0.2) is 4.79 Å². The summed E-state index contributed by atoms with van der Waals surface area (Å²) in [5.41, 5.74) is 0.917. The van der Waals surface area contributed by atoms with Crippen LogP contribution in [-0.4, -0.2) is 24.0 Å². The van der Waals surface area contributed by atoms with Crippen molar-refractivity contribution < 1.29 is 14.3 Å². The van der Waals surface area contributed by atoms with Gasteiger partial charge in [0.05, 0.1) is 11.1 Å². The number of hydrogen-bond donors (Lipinski definition) is 1. The maximum Gasteiger partial charge on any atom is 0.340 e. The van der Waals surface area contributed by atoms with E-state index >= 15 is 0 Å². The normalized spacial score (nSPS) is 14.9. The second-order valence-electron chi connectivity index (χ2n) is 6.74. The van der Waals surface area contributed by atoms with E-state index in [2.05, 4.69) is 11.4 Å². The average Bonchev–Trinajstić information content (AvgIpc) is 3.21. The Morgan fingerprint density at radius 3 is 2.46 bits per heavy atom. The number of carbonyl (C=O) groups is 2. The zero-order valence-corrected chi connectivity index (χ0v) is 16.5. The van der Waals surface area contributed by atoms with Crippen LogP contribution in [0.5, 0.6) is 0 Å². The summed E-state index contributed by atoms with van der Waals surface area (Å²) < 4.78 is 5.41. The molecule has 2 aromatic carbocycles. The van der Waals surface area contributed by atoms with Crippen LogP contribution in [0.15, 0.2) is 58.3 Å². The first-order valence-electron chi connectivity index (χ1n) is 9.36. The fourth-order valence-electron chi connectivity index (χ4n) is 3.16. The third-order valence-corrected chi connectivity index (χ3v) is 5.84. The van der Waals surface area contributed by atoms with E-state index in [-0.39, 0.29) is 11.9 Å². The van der Waals surface area contributed by atoms with Crippen molar-refractivity contribution in [2.24, 2.45) is 0 Å². The Hall–Kier alpha value is -2.78. The van der Waals surface area contributed by atoms with Gasteiger partial charge in [0, 0.05) is 15.8 Å². The van der Waals surface area contributed by atoms with Crippen LogP contribution in [-0.2, 0) is 9.53 Å². The van der Waals surface area contributed by atoms with Gasteiger partial charge >= 0.3 is 5.97 Å². The monoisotopic (exact) mass is 394 g/mol. The van der Waals surface area contributed by atoms with Gasteiger partial charge in [-0.05, 0) is 44.0 Å². The number of rotatable bonds is 6. The molecule has 1 atom stereocenters. The Bertz CT molecular complexity index is 901. The molecule has 0 spiro atoms. The van der Waals surface area contributed by atoms with Crippen LogP contribution in [0, 0.1) is 11.3 Å². The molecule has 1 aliphatic carbocycles. The highest BCUT2D eigenvalue weighted by atomic mass is 32.2. The van der Waals surface area contributed by atoms with Crippen LogP contribution < -0.4 is 5.32 Å². The van der Waals surface area contributed by atoms with Gasteiger partial charge < -0.3 is 10.1 Å². The van der Waals surface area contributed by atoms with Gasteiger partial charge in [-0.15, -0.1) is 0 Å². The smallest absolute Gasteiger partial charge is 0.340 e. The molecule has 144 valence electrons. The number of esters is 1. The summed E-state index contributed by atoms with van der Waals surface area (Å²) in [6.45, 7) is 1.59. The van der Waals surface area contributed by atoms with Crippen molar-refractivity contribution in [1.29, 1.82) is 5.26 Å². The largest absolute Gasteiger partial charge is 0.449 e. The maximum atomic E-state index is 12.7. The van der Waals surface area contributed by atoms with Gasteiger partial charge in [-0.1, -0.05) is 48.9 Å². The average molecular weight is 394 g/mol. The second kappa shape index (κ2) is 9.43. The number of amides is 1. The highest BCUT2D eigenvalue weighted by Crippen LogP contribution is 2.33. The third-order valence-electron chi connectivity index (χ3n) is 4.69. The molecular formula is C22H22N2O3S. The van der Waals surface area contributed by atoms with Crippen LogP contribution >= 0.6 is 11.8 Å². The Morgan fingerprint density at radius 2 is 1.75 bits per heavy atom. The molecule has 0 bridgehead atoms. The topological polar surface area (TPSA) is 79.2 Å². The van der Waals surface area contributed by atoms with Crippen molar-refractivity contribution in [3.05, 3.63) is 59.7 Å². The minimum atomic E-state index is -0.863. The summed E-state index contributed by atoms with van der Waals surface area (Å²) in [7, 11) is 0. The van der Waals surface area contributed by atoms with E-state index in [1.54, 1.807) is 37.3 Å². The number of benzene rings is 2. The van der Waals surface area contributed by atoms with Crippen molar-refractivity contribution in [3.63, 3.8) is 0 Å². The van der Waals surface area contributed by atoms with Crippen LogP contribution in [0.3, 0.4) is 0 Å². The van der Waals surface area contributed by atoms with E-state index in [4.69, 9.17) is 4.74 Å². The first-order valence-corrected chi connectivity index (χ1v) is 10.2. The van der Waals surface area contributed by atoms with Crippen molar-refractivity contribution in [2.75, 3.05) is 0 Å². The number of nitrogens with zero attached hydrogens (tertiary/aromatic N) is 1. The summed E-state index contributed by atoms with van der Waals surface area (Å²) >= 11 is 1.33. The van der Waals surface area contributed by atoms with Crippen molar-refractivity contribution in [3.8, 4) is 6.07 Å². The van der Waals surface area contributed by atoms with Gasteiger partial charge in [0.2, 0.25) is 0 Å². The molecule has 1 amide bonds. The van der Waals surface area contributed by atoms with E-state index < -0.39 is 12.1 Å². The second-order valence-corrected chi connectivity index (χ2v) is 7.83. The first-order chi connectivity index (χ1) is 13.6. The Morgan fingerprint density at radius 1 is 1.11 bits per heavy atom. The lowest BCUT2D eigenvalue weighted by molar-refractivity contribution is -0.129. The number of nitrogens with one attached hydrogen (secondary N) is 1. The molecule has 1 fully saturated rings. The number of hydrogen-bond acceptors (Lipinski definition) is 5. The van der Waals surface area contributed by atoms with Crippen LogP contribution in [0.2, 0.25) is 0 Å². The summed E-state index contributed by atoms with van der Waals surface area (Å²) in [5, 5.41) is 12.2. The molecule has 0 aromatic heterocycles. The molecule has 2 aromatic rings. The first kappa shape index (κ1) is 20.0. The predicted octanol–water partition coefficient (Wildman–Crippen LogP) is 4.31.